The van der Waals surface area contributed by atoms with Crippen molar-refractivity contribution in [3.8, 4) is 5.75 Å². The lowest BCUT2D eigenvalue weighted by atomic mass is 9.72. The van der Waals surface area contributed by atoms with Gasteiger partial charge in [0, 0.05) is 5.54 Å². The fourth-order valence-electron chi connectivity index (χ4n) is 5.37. The molecule has 2 aliphatic carbocycles. The van der Waals surface area contributed by atoms with E-state index < -0.39 is 25.1 Å². The molecule has 1 fully saturated rings. The van der Waals surface area contributed by atoms with E-state index in [-0.39, 0.29) is 48.2 Å². The van der Waals surface area contributed by atoms with Gasteiger partial charge in [0.15, 0.2) is 0 Å². The third-order valence-corrected chi connectivity index (χ3v) is 8.00. The molecule has 4 N–H and O–H groups in total. The average molecular weight is 508 g/mol. The van der Waals surface area contributed by atoms with Crippen LogP contribution in [0.15, 0.2) is 12.1 Å². The molecule has 1 aromatic carbocycles. The maximum absolute atomic E-state index is 14.2. The van der Waals surface area contributed by atoms with Crippen molar-refractivity contribution in [2.24, 2.45) is 23.0 Å². The number of fused-ring (bicyclic) bond motifs is 1. The van der Waals surface area contributed by atoms with E-state index in [9.17, 15) is 17.7 Å². The molecule has 0 heterocycles. The second kappa shape index (κ2) is 9.74. The van der Waals surface area contributed by atoms with Gasteiger partial charge >= 0.3 is 14.0 Å². The number of phosphoric ester groups is 1. The van der Waals surface area contributed by atoms with E-state index in [1.165, 1.54) is 6.07 Å². The Hall–Kier alpha value is -1.12. The lowest BCUT2D eigenvalue weighted by molar-refractivity contribution is -0.140. The minimum absolute atomic E-state index is 0.107. The molecule has 0 amide bonds. The zero-order valence-electron chi connectivity index (χ0n) is 20.3. The Kier molecular flexibility index (Phi) is 7.86. The lowest BCUT2D eigenvalue weighted by Crippen LogP contribution is -2.50. The predicted molar refractivity (Wildman–Crippen MR) is 123 cm³/mol. The van der Waals surface area contributed by atoms with Crippen molar-refractivity contribution in [2.75, 3.05) is 6.61 Å². The molecule has 0 saturated heterocycles. The molecule has 10 heteroatoms. The molecular weight excluding hydrogens is 470 g/mol. The predicted octanol–water partition coefficient (Wildman–Crippen LogP) is 5.62. The topological polar surface area (TPSA) is 102 Å². The first-order valence-corrected chi connectivity index (χ1v) is 13.4. The Morgan fingerprint density at radius 2 is 1.65 bits per heavy atom. The first-order valence-electron chi connectivity index (χ1n) is 11.8. The van der Waals surface area contributed by atoms with Crippen LogP contribution < -0.4 is 10.5 Å². The maximum Gasteiger partial charge on any atom is 0.469 e. The summed E-state index contributed by atoms with van der Waals surface area (Å²) in [6.07, 6.45) is -0.640. The van der Waals surface area contributed by atoms with Crippen LogP contribution in [0.2, 0.25) is 0 Å². The minimum atomic E-state index is -4.69. The molecule has 194 valence electrons. The summed E-state index contributed by atoms with van der Waals surface area (Å²) in [5, 5.41) is 0. The van der Waals surface area contributed by atoms with Crippen LogP contribution >= 0.6 is 7.82 Å². The maximum atomic E-state index is 14.2. The highest BCUT2D eigenvalue weighted by Gasteiger charge is 2.42. The molecule has 34 heavy (non-hydrogen) atoms. The summed E-state index contributed by atoms with van der Waals surface area (Å²) in [6.45, 7) is 7.81. The fraction of sp³-hybridized carbons (Fsp3) is 0.750. The number of alkyl halides is 3. The molecule has 0 spiro atoms. The second-order valence-corrected chi connectivity index (χ2v) is 12.5. The van der Waals surface area contributed by atoms with Crippen molar-refractivity contribution < 1.29 is 36.8 Å². The van der Waals surface area contributed by atoms with Crippen LogP contribution in [0, 0.1) is 17.3 Å². The Balaban J connectivity index is 1.78. The van der Waals surface area contributed by atoms with Gasteiger partial charge in [-0.05, 0) is 86.3 Å². The number of halogens is 3. The smallest absolute Gasteiger partial charge is 0.469 e. The van der Waals surface area contributed by atoms with Crippen molar-refractivity contribution in [2.45, 2.75) is 90.5 Å². The van der Waals surface area contributed by atoms with Crippen molar-refractivity contribution in [3.05, 3.63) is 28.8 Å². The molecule has 3 rings (SSSR count). The molecule has 0 bridgehead atoms. The van der Waals surface area contributed by atoms with E-state index in [1.807, 2.05) is 0 Å². The summed E-state index contributed by atoms with van der Waals surface area (Å²) in [5.41, 5.74) is 5.41. The van der Waals surface area contributed by atoms with Crippen LogP contribution in [-0.2, 0) is 28.1 Å². The van der Waals surface area contributed by atoms with Crippen molar-refractivity contribution >= 4 is 7.82 Å². The van der Waals surface area contributed by atoms with Gasteiger partial charge in [0.2, 0.25) is 0 Å². The summed E-state index contributed by atoms with van der Waals surface area (Å²) >= 11 is 0. The Labute approximate surface area is 199 Å². The Bertz CT molecular complexity index is 914. The van der Waals surface area contributed by atoms with E-state index in [1.54, 1.807) is 13.0 Å². The van der Waals surface area contributed by atoms with Crippen LogP contribution in [0.1, 0.15) is 76.5 Å². The summed E-state index contributed by atoms with van der Waals surface area (Å²) in [5.74, 6) is 0.145. The molecule has 1 aromatic rings. The van der Waals surface area contributed by atoms with Gasteiger partial charge in [-0.1, -0.05) is 26.8 Å². The number of ether oxygens (including phenoxy) is 1. The highest BCUT2D eigenvalue weighted by Crippen LogP contribution is 2.46. The normalized spacial score (nSPS) is 26.0. The molecule has 0 aliphatic heterocycles. The highest BCUT2D eigenvalue weighted by molar-refractivity contribution is 7.46. The van der Waals surface area contributed by atoms with Gasteiger partial charge in [0.1, 0.15) is 11.3 Å². The van der Waals surface area contributed by atoms with Gasteiger partial charge in [-0.3, -0.25) is 4.52 Å². The number of phosphoric acid groups is 1. The van der Waals surface area contributed by atoms with Crippen LogP contribution in [0.5, 0.6) is 5.75 Å². The molecule has 2 aliphatic rings. The largest absolute Gasteiger partial charge is 0.490 e. The number of hydrogen-bond acceptors (Lipinski definition) is 4. The van der Waals surface area contributed by atoms with Crippen LogP contribution in [0.25, 0.3) is 0 Å². The quantitative estimate of drug-likeness (QED) is 0.432. The fourth-order valence-corrected chi connectivity index (χ4v) is 5.82. The zero-order valence-corrected chi connectivity index (χ0v) is 21.2. The van der Waals surface area contributed by atoms with Gasteiger partial charge in [-0.25, -0.2) is 4.57 Å². The molecule has 1 saturated carbocycles. The van der Waals surface area contributed by atoms with E-state index in [0.717, 1.165) is 25.7 Å². The third-order valence-electron chi connectivity index (χ3n) is 7.53. The van der Waals surface area contributed by atoms with Crippen molar-refractivity contribution in [1.29, 1.82) is 0 Å². The van der Waals surface area contributed by atoms with Crippen LogP contribution in [-0.4, -0.2) is 28.0 Å². The van der Waals surface area contributed by atoms with Crippen LogP contribution in [0.3, 0.4) is 0 Å². The van der Waals surface area contributed by atoms with Gasteiger partial charge in [0.05, 0.1) is 12.7 Å². The molecular formula is C24H37F3NO5P. The summed E-state index contributed by atoms with van der Waals surface area (Å²) in [6, 6.07) is 3.09. The van der Waals surface area contributed by atoms with Gasteiger partial charge in [0.25, 0.3) is 0 Å². The number of nitrogens with two attached hydrogens (primary N) is 1. The molecule has 0 unspecified atom stereocenters. The van der Waals surface area contributed by atoms with Crippen molar-refractivity contribution in [1.82, 2.24) is 0 Å². The van der Waals surface area contributed by atoms with Crippen molar-refractivity contribution in [3.63, 3.8) is 0 Å². The highest BCUT2D eigenvalue weighted by atomic mass is 31.2. The van der Waals surface area contributed by atoms with E-state index in [0.29, 0.717) is 17.9 Å². The SMILES string of the molecule is CC(C)(C)C1CCC(Oc2ccc3c(c2C(F)(F)F)CC[C@H]([C@@](C)(N)COP(=O)(O)O)C3)CC1. The molecule has 6 nitrogen and oxygen atoms in total. The number of hydrogen-bond donors (Lipinski definition) is 3. The molecule has 2 atom stereocenters. The molecule has 0 aromatic heterocycles. The summed E-state index contributed by atoms with van der Waals surface area (Å²) in [4.78, 5) is 18.0. The summed E-state index contributed by atoms with van der Waals surface area (Å²) < 4.78 is 64.1. The van der Waals surface area contributed by atoms with E-state index in [4.69, 9.17) is 20.3 Å². The lowest BCUT2D eigenvalue weighted by Gasteiger charge is -2.39. The second-order valence-electron chi connectivity index (χ2n) is 11.2. The van der Waals surface area contributed by atoms with E-state index in [2.05, 4.69) is 25.3 Å². The summed E-state index contributed by atoms with van der Waals surface area (Å²) in [7, 11) is -4.69. The van der Waals surface area contributed by atoms with Gasteiger partial charge < -0.3 is 20.3 Å². The van der Waals surface area contributed by atoms with Gasteiger partial charge in [-0.2, -0.15) is 13.2 Å². The number of rotatable bonds is 6. The Morgan fingerprint density at radius 1 is 1.03 bits per heavy atom. The zero-order chi connectivity index (χ0) is 25.5. The Morgan fingerprint density at radius 3 is 2.18 bits per heavy atom. The van der Waals surface area contributed by atoms with E-state index >= 15 is 0 Å². The standard InChI is InChI=1S/C24H37F3NO5P/c1-22(2,3)16-6-9-18(10-7-16)33-20-12-5-15-13-17(23(4,28)14-32-34(29,30)31)8-11-19(15)21(20)24(25,26)27/h5,12,16-18H,6-11,13-14,28H2,1-4H3,(H2,29,30,31)/t16?,17-,18?,23-/m0/s1. The van der Waals surface area contributed by atoms with Crippen LogP contribution in [0.4, 0.5) is 13.2 Å². The molecule has 0 radical (unpaired) electrons. The minimum Gasteiger partial charge on any atom is -0.490 e. The average Bonchev–Trinajstić information content (AvgIpc) is 2.70. The number of benzene rings is 1. The van der Waals surface area contributed by atoms with Gasteiger partial charge in [-0.15, -0.1) is 0 Å². The first kappa shape index (κ1) is 27.5. The monoisotopic (exact) mass is 507 g/mol. The third kappa shape index (κ3) is 6.76. The first-order chi connectivity index (χ1) is 15.5.